The van der Waals surface area contributed by atoms with Crippen LogP contribution in [-0.2, 0) is 38.0 Å². The van der Waals surface area contributed by atoms with Gasteiger partial charge in [0.25, 0.3) is 0 Å². The SMILES string of the molecule is C=CCCCCCCCCCCCCCCCC(=O)O[C@H](COC(=O)CCCCCCCCCCC)CO[C@@H]1O[C@H](CO[C@@H]2O[C@H](CO)[C@H](O)C(O)C2O)[C@H](O)C(O)C1O. The van der Waals surface area contributed by atoms with E-state index in [0.29, 0.717) is 12.8 Å². The number of unbranched alkanes of at least 4 members (excludes halogenated alkanes) is 21. The summed E-state index contributed by atoms with van der Waals surface area (Å²) in [5.74, 6) is -0.925. The lowest BCUT2D eigenvalue weighted by Crippen LogP contribution is -2.61. The molecule has 0 aromatic heterocycles. The van der Waals surface area contributed by atoms with E-state index in [1.54, 1.807) is 0 Å². The fraction of sp³-hybridized carbons (Fsp3) is 0.911. The molecule has 60 heavy (non-hydrogen) atoms. The van der Waals surface area contributed by atoms with E-state index in [9.17, 15) is 45.3 Å². The molecule has 352 valence electrons. The molecular weight excluding hydrogens is 780 g/mol. The lowest BCUT2D eigenvalue weighted by molar-refractivity contribution is -0.332. The molecule has 2 rings (SSSR count). The molecule has 4 unspecified atom stereocenters. The van der Waals surface area contributed by atoms with Gasteiger partial charge < -0.3 is 64.2 Å². The van der Waals surface area contributed by atoms with Gasteiger partial charge in [-0.3, -0.25) is 9.59 Å². The maximum atomic E-state index is 12.9. The minimum absolute atomic E-state index is 0.167. The Balaban J connectivity index is 1.83. The second-order valence-electron chi connectivity index (χ2n) is 16.7. The van der Waals surface area contributed by atoms with Crippen LogP contribution >= 0.6 is 0 Å². The number of carbonyl (C=O) groups excluding carboxylic acids is 2. The summed E-state index contributed by atoms with van der Waals surface area (Å²) in [6.07, 6.45) is 11.5. The van der Waals surface area contributed by atoms with E-state index in [1.807, 2.05) is 6.08 Å². The molecule has 11 atom stereocenters. The van der Waals surface area contributed by atoms with E-state index >= 15 is 0 Å². The molecule has 15 nitrogen and oxygen atoms in total. The average Bonchev–Trinajstić information content (AvgIpc) is 3.24. The molecule has 2 fully saturated rings. The van der Waals surface area contributed by atoms with Gasteiger partial charge >= 0.3 is 11.9 Å². The van der Waals surface area contributed by atoms with Crippen molar-refractivity contribution in [1.82, 2.24) is 0 Å². The van der Waals surface area contributed by atoms with Crippen molar-refractivity contribution in [1.29, 1.82) is 0 Å². The van der Waals surface area contributed by atoms with Gasteiger partial charge in [0.05, 0.1) is 19.8 Å². The van der Waals surface area contributed by atoms with E-state index in [2.05, 4.69) is 13.5 Å². The first-order valence-electron chi connectivity index (χ1n) is 23.2. The predicted molar refractivity (Wildman–Crippen MR) is 224 cm³/mol. The monoisotopic (exact) mass is 863 g/mol. The van der Waals surface area contributed by atoms with Gasteiger partial charge in [0.2, 0.25) is 0 Å². The Kier molecular flexibility index (Phi) is 30.6. The molecule has 0 spiro atoms. The second-order valence-corrected chi connectivity index (χ2v) is 16.7. The fourth-order valence-corrected chi connectivity index (χ4v) is 7.49. The molecule has 2 aliphatic rings. The first-order valence-corrected chi connectivity index (χ1v) is 23.2. The minimum atomic E-state index is -1.76. The standard InChI is InChI=1S/C45H82O15/c1-3-5-7-9-11-13-14-15-16-17-18-20-22-24-26-28-37(48)58-33(30-55-36(47)27-25-23-21-19-12-10-8-6-4-2)31-56-44-43(54)41(52)39(50)35(60-44)32-57-45-42(53)40(51)38(49)34(29-46)59-45/h3,33-35,38-46,49-54H,1,4-32H2,2H3/t33-,34-,35-,38+,39+,40?,41?,42?,43?,44-,45-/m1/s1. The van der Waals surface area contributed by atoms with Crippen LogP contribution in [0.5, 0.6) is 0 Å². The van der Waals surface area contributed by atoms with Gasteiger partial charge in [0.1, 0.15) is 55.4 Å². The van der Waals surface area contributed by atoms with Crippen LogP contribution in [0.25, 0.3) is 0 Å². The molecule has 2 aliphatic heterocycles. The largest absolute Gasteiger partial charge is 0.462 e. The molecular formula is C45H82O15. The Morgan fingerprint density at radius 3 is 1.48 bits per heavy atom. The Morgan fingerprint density at radius 2 is 0.983 bits per heavy atom. The van der Waals surface area contributed by atoms with Crippen LogP contribution in [0.2, 0.25) is 0 Å². The van der Waals surface area contributed by atoms with Gasteiger partial charge in [-0.15, -0.1) is 6.58 Å². The number of carbonyl (C=O) groups is 2. The van der Waals surface area contributed by atoms with Gasteiger partial charge in [0.15, 0.2) is 18.7 Å². The summed E-state index contributed by atoms with van der Waals surface area (Å²) in [6, 6.07) is 0. The van der Waals surface area contributed by atoms with Crippen LogP contribution < -0.4 is 0 Å². The highest BCUT2D eigenvalue weighted by molar-refractivity contribution is 5.70. The van der Waals surface area contributed by atoms with Crippen LogP contribution in [0.1, 0.15) is 167 Å². The van der Waals surface area contributed by atoms with Crippen molar-refractivity contribution in [3.05, 3.63) is 12.7 Å². The van der Waals surface area contributed by atoms with E-state index in [0.717, 1.165) is 44.9 Å². The van der Waals surface area contributed by atoms with Crippen LogP contribution in [0.3, 0.4) is 0 Å². The molecule has 0 bridgehead atoms. The normalized spacial score (nSPS) is 27.4. The van der Waals surface area contributed by atoms with Crippen LogP contribution in [-0.4, -0.2) is 142 Å². The van der Waals surface area contributed by atoms with Gasteiger partial charge in [-0.1, -0.05) is 135 Å². The molecule has 2 heterocycles. The first-order chi connectivity index (χ1) is 29.0. The van der Waals surface area contributed by atoms with Gasteiger partial charge in [-0.25, -0.2) is 0 Å². The second kappa shape index (κ2) is 33.8. The van der Waals surface area contributed by atoms with Crippen molar-refractivity contribution < 1.29 is 73.8 Å². The Hall–Kier alpha value is -1.76. The quantitative estimate of drug-likeness (QED) is 0.0249. The van der Waals surface area contributed by atoms with Gasteiger partial charge in [0, 0.05) is 12.8 Å². The number of ether oxygens (including phenoxy) is 6. The summed E-state index contributed by atoms with van der Waals surface area (Å²) in [5.41, 5.74) is 0. The van der Waals surface area contributed by atoms with Gasteiger partial charge in [-0.05, 0) is 25.7 Å². The van der Waals surface area contributed by atoms with Crippen molar-refractivity contribution in [2.75, 3.05) is 26.4 Å². The summed E-state index contributed by atoms with van der Waals surface area (Å²) < 4.78 is 33.4. The summed E-state index contributed by atoms with van der Waals surface area (Å²) in [4.78, 5) is 25.6. The van der Waals surface area contributed by atoms with Crippen LogP contribution in [0, 0.1) is 0 Å². The molecule has 0 amide bonds. The summed E-state index contributed by atoms with van der Waals surface area (Å²) in [6.45, 7) is 4.09. The molecule has 0 aromatic rings. The zero-order valence-corrected chi connectivity index (χ0v) is 36.5. The van der Waals surface area contributed by atoms with Crippen LogP contribution in [0.15, 0.2) is 12.7 Å². The third-order valence-electron chi connectivity index (χ3n) is 11.4. The maximum absolute atomic E-state index is 12.9. The average molecular weight is 863 g/mol. The highest BCUT2D eigenvalue weighted by Gasteiger charge is 2.47. The smallest absolute Gasteiger partial charge is 0.306 e. The molecule has 0 radical (unpaired) electrons. The summed E-state index contributed by atoms with van der Waals surface area (Å²) in [7, 11) is 0. The number of aliphatic hydroxyl groups is 7. The molecule has 0 saturated carbocycles. The Labute approximate surface area is 359 Å². The topological polar surface area (TPSA) is 231 Å². The molecule has 2 saturated heterocycles. The Morgan fingerprint density at radius 1 is 0.550 bits per heavy atom. The minimum Gasteiger partial charge on any atom is -0.462 e. The number of allylic oxidation sites excluding steroid dienone is 1. The lowest BCUT2D eigenvalue weighted by atomic mass is 9.98. The van der Waals surface area contributed by atoms with Crippen LogP contribution in [0.4, 0.5) is 0 Å². The fourth-order valence-electron chi connectivity index (χ4n) is 7.49. The van der Waals surface area contributed by atoms with E-state index < -0.39 is 92.7 Å². The van der Waals surface area contributed by atoms with Gasteiger partial charge in [-0.2, -0.15) is 0 Å². The number of rotatable bonds is 36. The van der Waals surface area contributed by atoms with E-state index in [1.165, 1.54) is 89.9 Å². The number of esters is 2. The third kappa shape index (κ3) is 22.5. The summed E-state index contributed by atoms with van der Waals surface area (Å²) in [5, 5.41) is 71.8. The molecule has 0 aromatic carbocycles. The predicted octanol–water partition coefficient (Wildman–Crippen LogP) is 5.04. The summed E-state index contributed by atoms with van der Waals surface area (Å²) >= 11 is 0. The van der Waals surface area contributed by atoms with Crippen molar-refractivity contribution >= 4 is 11.9 Å². The maximum Gasteiger partial charge on any atom is 0.306 e. The van der Waals surface area contributed by atoms with E-state index in [-0.39, 0.29) is 26.1 Å². The Bertz CT molecular complexity index is 1090. The van der Waals surface area contributed by atoms with Crippen molar-refractivity contribution in [3.63, 3.8) is 0 Å². The zero-order chi connectivity index (χ0) is 44.0. The molecule has 7 N–H and O–H groups in total. The third-order valence-corrected chi connectivity index (χ3v) is 11.4. The van der Waals surface area contributed by atoms with E-state index in [4.69, 9.17) is 28.4 Å². The first kappa shape index (κ1) is 54.4. The number of hydrogen-bond acceptors (Lipinski definition) is 15. The lowest BCUT2D eigenvalue weighted by Gasteiger charge is -2.42. The van der Waals surface area contributed by atoms with Crippen molar-refractivity contribution in [2.45, 2.75) is 235 Å². The molecule has 15 heteroatoms. The molecule has 0 aliphatic carbocycles. The highest BCUT2D eigenvalue weighted by Crippen LogP contribution is 2.26. The number of aliphatic hydroxyl groups excluding tert-OH is 7. The number of hydrogen-bond donors (Lipinski definition) is 7. The highest BCUT2D eigenvalue weighted by atomic mass is 16.7. The van der Waals surface area contributed by atoms with Crippen molar-refractivity contribution in [3.8, 4) is 0 Å². The van der Waals surface area contributed by atoms with Crippen molar-refractivity contribution in [2.24, 2.45) is 0 Å². The zero-order valence-electron chi connectivity index (χ0n) is 36.5.